The molecule has 7 nitrogen and oxygen atoms in total. The van der Waals surface area contributed by atoms with E-state index in [2.05, 4.69) is 42.9 Å². The number of pyridine rings is 1. The van der Waals surface area contributed by atoms with E-state index in [1.165, 1.54) is 0 Å². The number of nitrogens with zero attached hydrogens (tertiary/aromatic N) is 5. The number of hydrogen-bond acceptors (Lipinski definition) is 7. The van der Waals surface area contributed by atoms with Crippen molar-refractivity contribution in [1.29, 1.82) is 0 Å². The van der Waals surface area contributed by atoms with E-state index in [9.17, 15) is 0 Å². The molecule has 4 heterocycles. The SMILES string of the molecule is CCCNc1nc(Nc2ccccn2)nc2c1ncn2-c1ccsc1. The van der Waals surface area contributed by atoms with E-state index in [4.69, 9.17) is 0 Å². The lowest BCUT2D eigenvalue weighted by molar-refractivity contribution is 0.968. The van der Waals surface area contributed by atoms with Gasteiger partial charge in [0.1, 0.15) is 12.1 Å². The van der Waals surface area contributed by atoms with Crippen LogP contribution in [0.4, 0.5) is 17.6 Å². The summed E-state index contributed by atoms with van der Waals surface area (Å²) in [6.07, 6.45) is 4.51. The normalized spacial score (nSPS) is 10.9. The fourth-order valence-corrected chi connectivity index (χ4v) is 3.09. The molecular formula is C17H17N7S. The number of imidazole rings is 1. The van der Waals surface area contributed by atoms with E-state index in [1.54, 1.807) is 23.9 Å². The smallest absolute Gasteiger partial charge is 0.232 e. The van der Waals surface area contributed by atoms with Crippen molar-refractivity contribution in [3.8, 4) is 5.69 Å². The number of hydrogen-bond donors (Lipinski definition) is 2. The maximum Gasteiger partial charge on any atom is 0.232 e. The fourth-order valence-electron chi connectivity index (χ4n) is 2.46. The first-order chi connectivity index (χ1) is 12.3. The van der Waals surface area contributed by atoms with Crippen LogP contribution in [-0.4, -0.2) is 31.0 Å². The first-order valence-corrected chi connectivity index (χ1v) is 8.99. The van der Waals surface area contributed by atoms with Gasteiger partial charge in [-0.3, -0.25) is 4.57 Å². The summed E-state index contributed by atoms with van der Waals surface area (Å²) in [5.41, 5.74) is 2.55. The lowest BCUT2D eigenvalue weighted by Gasteiger charge is -2.09. The van der Waals surface area contributed by atoms with Gasteiger partial charge < -0.3 is 10.6 Å². The van der Waals surface area contributed by atoms with Crippen molar-refractivity contribution in [2.24, 2.45) is 0 Å². The molecule has 8 heteroatoms. The van der Waals surface area contributed by atoms with E-state index in [-0.39, 0.29) is 0 Å². The first kappa shape index (κ1) is 15.5. The summed E-state index contributed by atoms with van der Waals surface area (Å²) < 4.78 is 1.97. The molecule has 0 fully saturated rings. The van der Waals surface area contributed by atoms with Gasteiger partial charge in [0.25, 0.3) is 0 Å². The van der Waals surface area contributed by atoms with Gasteiger partial charge in [0.2, 0.25) is 5.95 Å². The third-order valence-electron chi connectivity index (χ3n) is 3.63. The minimum Gasteiger partial charge on any atom is -0.368 e. The second-order valence-corrected chi connectivity index (χ2v) is 6.21. The summed E-state index contributed by atoms with van der Waals surface area (Å²) in [6, 6.07) is 7.70. The molecule has 4 rings (SSSR count). The molecule has 0 saturated heterocycles. The molecular weight excluding hydrogens is 334 g/mol. The second-order valence-electron chi connectivity index (χ2n) is 5.43. The third-order valence-corrected chi connectivity index (χ3v) is 4.30. The molecule has 0 amide bonds. The molecule has 0 atom stereocenters. The average molecular weight is 351 g/mol. The molecule has 25 heavy (non-hydrogen) atoms. The van der Waals surface area contributed by atoms with Crippen molar-refractivity contribution >= 4 is 40.1 Å². The Morgan fingerprint density at radius 1 is 1.16 bits per heavy atom. The van der Waals surface area contributed by atoms with Crippen LogP contribution in [0.2, 0.25) is 0 Å². The van der Waals surface area contributed by atoms with Crippen LogP contribution in [0.15, 0.2) is 47.5 Å². The Bertz CT molecular complexity index is 964. The van der Waals surface area contributed by atoms with Gasteiger partial charge in [-0.2, -0.15) is 21.3 Å². The minimum atomic E-state index is 0.488. The molecule has 0 unspecified atom stereocenters. The van der Waals surface area contributed by atoms with Crippen molar-refractivity contribution in [3.63, 3.8) is 0 Å². The molecule has 4 aromatic rings. The summed E-state index contributed by atoms with van der Waals surface area (Å²) in [6.45, 7) is 2.93. The Morgan fingerprint density at radius 3 is 2.88 bits per heavy atom. The average Bonchev–Trinajstić information content (AvgIpc) is 3.29. The van der Waals surface area contributed by atoms with Crippen molar-refractivity contribution in [1.82, 2.24) is 24.5 Å². The maximum absolute atomic E-state index is 4.66. The van der Waals surface area contributed by atoms with Crippen LogP contribution in [0.5, 0.6) is 0 Å². The van der Waals surface area contributed by atoms with Crippen molar-refractivity contribution in [3.05, 3.63) is 47.5 Å². The molecule has 0 aliphatic carbocycles. The summed E-state index contributed by atoms with van der Waals surface area (Å²) in [5.74, 6) is 1.91. The van der Waals surface area contributed by atoms with Crippen LogP contribution in [0.25, 0.3) is 16.9 Å². The van der Waals surface area contributed by atoms with Crippen molar-refractivity contribution in [2.45, 2.75) is 13.3 Å². The van der Waals surface area contributed by atoms with Gasteiger partial charge in [-0.05, 0) is 30.0 Å². The van der Waals surface area contributed by atoms with Gasteiger partial charge >= 0.3 is 0 Å². The second kappa shape index (κ2) is 6.86. The zero-order valence-electron chi connectivity index (χ0n) is 13.7. The predicted octanol–water partition coefficient (Wildman–Crippen LogP) is 3.84. The third kappa shape index (κ3) is 3.16. The number of nitrogens with one attached hydrogen (secondary N) is 2. The number of anilines is 3. The molecule has 0 spiro atoms. The Labute approximate surface area is 148 Å². The number of aromatic nitrogens is 5. The molecule has 126 valence electrons. The quantitative estimate of drug-likeness (QED) is 0.549. The molecule has 0 radical (unpaired) electrons. The molecule has 4 aromatic heterocycles. The molecule has 0 saturated carbocycles. The van der Waals surface area contributed by atoms with Crippen LogP contribution in [0, 0.1) is 0 Å². The highest BCUT2D eigenvalue weighted by atomic mass is 32.1. The van der Waals surface area contributed by atoms with Gasteiger partial charge in [0, 0.05) is 18.1 Å². The van der Waals surface area contributed by atoms with E-state index in [0.717, 1.165) is 35.6 Å². The van der Waals surface area contributed by atoms with Gasteiger partial charge in [-0.25, -0.2) is 9.97 Å². The number of fused-ring (bicyclic) bond motifs is 1. The molecule has 0 aromatic carbocycles. The van der Waals surface area contributed by atoms with Crippen LogP contribution < -0.4 is 10.6 Å². The summed E-state index contributed by atoms with van der Waals surface area (Å²) >= 11 is 1.64. The van der Waals surface area contributed by atoms with Gasteiger partial charge in [0.15, 0.2) is 17.0 Å². The van der Waals surface area contributed by atoms with E-state index in [0.29, 0.717) is 11.8 Å². The maximum atomic E-state index is 4.66. The molecule has 0 bridgehead atoms. The molecule has 0 aliphatic heterocycles. The zero-order valence-corrected chi connectivity index (χ0v) is 14.5. The van der Waals surface area contributed by atoms with Crippen LogP contribution in [0.3, 0.4) is 0 Å². The Morgan fingerprint density at radius 2 is 2.12 bits per heavy atom. The predicted molar refractivity (Wildman–Crippen MR) is 101 cm³/mol. The van der Waals surface area contributed by atoms with E-state index < -0.39 is 0 Å². The monoisotopic (exact) mass is 351 g/mol. The van der Waals surface area contributed by atoms with Gasteiger partial charge in [-0.15, -0.1) is 0 Å². The molecule has 0 aliphatic rings. The number of rotatable bonds is 6. The Balaban J connectivity index is 1.81. The van der Waals surface area contributed by atoms with Gasteiger partial charge in [0.05, 0.1) is 5.69 Å². The lowest BCUT2D eigenvalue weighted by Crippen LogP contribution is -2.07. The van der Waals surface area contributed by atoms with Crippen LogP contribution in [-0.2, 0) is 0 Å². The number of thiophene rings is 1. The molecule has 2 N–H and O–H groups in total. The summed E-state index contributed by atoms with van der Waals surface area (Å²) in [4.78, 5) is 18.0. The van der Waals surface area contributed by atoms with Crippen LogP contribution >= 0.6 is 11.3 Å². The fraction of sp³-hybridized carbons (Fsp3) is 0.176. The standard InChI is InChI=1S/C17H17N7S/c1-2-7-19-15-14-16(24(11-20-14)12-6-9-25-10-12)23-17(22-15)21-13-5-3-4-8-18-13/h3-6,8-11H,2,7H2,1H3,(H2,18,19,21,22,23). The first-order valence-electron chi connectivity index (χ1n) is 8.04. The van der Waals surface area contributed by atoms with Gasteiger partial charge in [-0.1, -0.05) is 13.0 Å². The zero-order chi connectivity index (χ0) is 17.1. The summed E-state index contributed by atoms with van der Waals surface area (Å²) in [5, 5.41) is 10.6. The topological polar surface area (TPSA) is 80.6 Å². The summed E-state index contributed by atoms with van der Waals surface area (Å²) in [7, 11) is 0. The van der Waals surface area contributed by atoms with Crippen molar-refractivity contribution < 1.29 is 0 Å². The Hall–Kier alpha value is -3.00. The Kier molecular flexibility index (Phi) is 4.26. The van der Waals surface area contributed by atoms with Crippen LogP contribution in [0.1, 0.15) is 13.3 Å². The highest BCUT2D eigenvalue weighted by Gasteiger charge is 2.14. The minimum absolute atomic E-state index is 0.488. The van der Waals surface area contributed by atoms with E-state index in [1.807, 2.05) is 34.2 Å². The van der Waals surface area contributed by atoms with E-state index >= 15 is 0 Å². The highest BCUT2D eigenvalue weighted by molar-refractivity contribution is 7.08. The largest absolute Gasteiger partial charge is 0.368 e. The van der Waals surface area contributed by atoms with Crippen molar-refractivity contribution in [2.75, 3.05) is 17.2 Å². The lowest BCUT2D eigenvalue weighted by atomic mass is 10.4. The highest BCUT2D eigenvalue weighted by Crippen LogP contribution is 2.25.